The lowest BCUT2D eigenvalue weighted by Gasteiger charge is -1.93. The third-order valence-electron chi connectivity index (χ3n) is 0.597. The maximum Gasteiger partial charge on any atom is 0.0514 e. The van der Waals surface area contributed by atoms with Crippen molar-refractivity contribution in [2.75, 3.05) is 6.54 Å². The molecule has 0 spiro atoms. The average Bonchev–Trinajstić information content (AvgIpc) is 2.14. The zero-order valence-corrected chi connectivity index (χ0v) is 7.39. The Hall–Kier alpha value is -0.790. The second-order valence-electron chi connectivity index (χ2n) is 1.07. The number of rotatable bonds is 0. The summed E-state index contributed by atoms with van der Waals surface area (Å²) in [6, 6.07) is 0. The van der Waals surface area contributed by atoms with Gasteiger partial charge in [0.05, 0.1) is 6.54 Å². The molecule has 0 radical (unpaired) electrons. The van der Waals surface area contributed by atoms with Crippen LogP contribution in [0.4, 0.5) is 0 Å². The van der Waals surface area contributed by atoms with Gasteiger partial charge in [-0.15, -0.1) is 0 Å². The fraction of sp³-hybridized carbons (Fsp3) is 0.625. The van der Waals surface area contributed by atoms with Crippen LogP contribution in [-0.4, -0.2) is 12.8 Å². The third-order valence-corrected chi connectivity index (χ3v) is 0.597. The molecule has 0 aromatic rings. The summed E-state index contributed by atoms with van der Waals surface area (Å²) >= 11 is 0. The second kappa shape index (κ2) is 15.7. The molecule has 0 aliphatic carbocycles. The Morgan fingerprint density at radius 1 is 1.20 bits per heavy atom. The first-order chi connectivity index (χ1) is 5.00. The van der Waals surface area contributed by atoms with Gasteiger partial charge in [0.1, 0.15) is 0 Å². The first-order valence-electron chi connectivity index (χ1n) is 3.91. The van der Waals surface area contributed by atoms with Crippen LogP contribution in [0, 0.1) is 0 Å². The van der Waals surface area contributed by atoms with Crippen LogP contribution in [0.1, 0.15) is 27.7 Å². The van der Waals surface area contributed by atoms with Gasteiger partial charge in [-0.1, -0.05) is 33.8 Å². The SMILES string of the molecule is C1=CCNN=C1.CC.CC. The van der Waals surface area contributed by atoms with Gasteiger partial charge < -0.3 is 5.43 Å². The number of nitrogens with one attached hydrogen (secondary N) is 1. The molecule has 1 aliphatic heterocycles. The monoisotopic (exact) mass is 142 g/mol. The molecule has 1 N–H and O–H groups in total. The first-order valence-corrected chi connectivity index (χ1v) is 3.91. The second-order valence-corrected chi connectivity index (χ2v) is 1.07. The zero-order chi connectivity index (χ0) is 8.24. The predicted octanol–water partition coefficient (Wildman–Crippen LogP) is 2.18. The maximum atomic E-state index is 3.72. The van der Waals surface area contributed by atoms with Crippen LogP contribution in [0.5, 0.6) is 0 Å². The van der Waals surface area contributed by atoms with Crippen molar-refractivity contribution in [3.8, 4) is 0 Å². The number of nitrogens with zero attached hydrogens (tertiary/aromatic N) is 1. The van der Waals surface area contributed by atoms with E-state index in [-0.39, 0.29) is 0 Å². The number of hydrogen-bond donors (Lipinski definition) is 1. The van der Waals surface area contributed by atoms with Gasteiger partial charge in [-0.25, -0.2) is 0 Å². The standard InChI is InChI=1S/C4H6N2.2C2H6/c1-2-4-6-5-3-1;2*1-2/h1-3,6H,4H2;2*1-2H3. The quantitative estimate of drug-likeness (QED) is 0.551. The Labute approximate surface area is 64.0 Å². The highest BCUT2D eigenvalue weighted by Crippen LogP contribution is 1.71. The van der Waals surface area contributed by atoms with Gasteiger partial charge in [0.25, 0.3) is 0 Å². The highest BCUT2D eigenvalue weighted by molar-refractivity contribution is 5.71. The summed E-state index contributed by atoms with van der Waals surface area (Å²) in [6.45, 7) is 8.87. The smallest absolute Gasteiger partial charge is 0.0514 e. The summed E-state index contributed by atoms with van der Waals surface area (Å²) in [6.07, 6.45) is 5.65. The fourth-order valence-electron chi connectivity index (χ4n) is 0.330. The van der Waals surface area contributed by atoms with Crippen LogP contribution < -0.4 is 5.43 Å². The van der Waals surface area contributed by atoms with Crippen LogP contribution in [0.15, 0.2) is 17.3 Å². The molecule has 0 fully saturated rings. The number of allylic oxidation sites excluding steroid dienone is 1. The van der Waals surface area contributed by atoms with Gasteiger partial charge in [-0.2, -0.15) is 5.10 Å². The van der Waals surface area contributed by atoms with Crippen molar-refractivity contribution in [1.82, 2.24) is 5.43 Å². The van der Waals surface area contributed by atoms with E-state index in [0.29, 0.717) is 0 Å². The predicted molar refractivity (Wildman–Crippen MR) is 48.3 cm³/mol. The van der Waals surface area contributed by atoms with E-state index in [1.54, 1.807) is 6.21 Å². The van der Waals surface area contributed by atoms with Crippen LogP contribution >= 0.6 is 0 Å². The van der Waals surface area contributed by atoms with Crippen molar-refractivity contribution in [3.05, 3.63) is 12.2 Å². The van der Waals surface area contributed by atoms with Gasteiger partial charge in [0.2, 0.25) is 0 Å². The van der Waals surface area contributed by atoms with Crippen molar-refractivity contribution in [2.24, 2.45) is 5.10 Å². The molecule has 0 saturated heterocycles. The molecule has 60 valence electrons. The molecule has 0 atom stereocenters. The van der Waals surface area contributed by atoms with Crippen molar-refractivity contribution >= 4 is 6.21 Å². The summed E-state index contributed by atoms with van der Waals surface area (Å²) in [4.78, 5) is 0. The minimum atomic E-state index is 0.872. The molecular weight excluding hydrogens is 124 g/mol. The Bertz CT molecular complexity index is 73.3. The van der Waals surface area contributed by atoms with Crippen LogP contribution in [0.25, 0.3) is 0 Å². The molecule has 1 heterocycles. The topological polar surface area (TPSA) is 24.4 Å². The third kappa shape index (κ3) is 10.2. The summed E-state index contributed by atoms with van der Waals surface area (Å²) < 4.78 is 0. The van der Waals surface area contributed by atoms with Crippen molar-refractivity contribution in [3.63, 3.8) is 0 Å². The minimum Gasteiger partial charge on any atom is -0.306 e. The molecule has 0 aromatic carbocycles. The van der Waals surface area contributed by atoms with Gasteiger partial charge in [0, 0.05) is 6.21 Å². The molecule has 2 nitrogen and oxygen atoms in total. The molecule has 1 aliphatic rings. The molecule has 0 aromatic heterocycles. The molecule has 0 saturated carbocycles. The Kier molecular flexibility index (Phi) is 18.8. The van der Waals surface area contributed by atoms with Crippen LogP contribution in [0.3, 0.4) is 0 Å². The molecule has 0 unspecified atom stereocenters. The van der Waals surface area contributed by atoms with E-state index in [1.165, 1.54) is 0 Å². The van der Waals surface area contributed by atoms with Gasteiger partial charge >= 0.3 is 0 Å². The van der Waals surface area contributed by atoms with E-state index in [4.69, 9.17) is 0 Å². The van der Waals surface area contributed by atoms with E-state index in [9.17, 15) is 0 Å². The van der Waals surface area contributed by atoms with Crippen LogP contribution in [0.2, 0.25) is 0 Å². The van der Waals surface area contributed by atoms with E-state index < -0.39 is 0 Å². The first kappa shape index (κ1) is 11.9. The Morgan fingerprint density at radius 3 is 1.90 bits per heavy atom. The number of hydrazone groups is 1. The summed E-state index contributed by atoms with van der Waals surface area (Å²) in [5.74, 6) is 0. The lowest BCUT2D eigenvalue weighted by atomic mass is 10.5. The minimum absolute atomic E-state index is 0.872. The Balaban J connectivity index is 0. The lowest BCUT2D eigenvalue weighted by molar-refractivity contribution is 0.823. The molecule has 1 rings (SSSR count). The zero-order valence-electron chi connectivity index (χ0n) is 7.39. The van der Waals surface area contributed by atoms with E-state index in [2.05, 4.69) is 10.5 Å². The summed E-state index contributed by atoms with van der Waals surface area (Å²) in [5, 5.41) is 3.72. The van der Waals surface area contributed by atoms with E-state index in [1.807, 2.05) is 39.8 Å². The highest BCUT2D eigenvalue weighted by atomic mass is 15.3. The van der Waals surface area contributed by atoms with E-state index >= 15 is 0 Å². The van der Waals surface area contributed by atoms with E-state index in [0.717, 1.165) is 6.54 Å². The summed E-state index contributed by atoms with van der Waals surface area (Å²) in [7, 11) is 0. The molecule has 2 heteroatoms. The fourth-order valence-corrected chi connectivity index (χ4v) is 0.330. The molecule has 0 amide bonds. The van der Waals surface area contributed by atoms with Gasteiger partial charge in [-0.3, -0.25) is 0 Å². The number of hydrogen-bond acceptors (Lipinski definition) is 2. The van der Waals surface area contributed by atoms with Crippen molar-refractivity contribution < 1.29 is 0 Å². The lowest BCUT2D eigenvalue weighted by Crippen LogP contribution is -2.07. The normalized spacial score (nSPS) is 11.6. The van der Waals surface area contributed by atoms with Gasteiger partial charge in [0.15, 0.2) is 0 Å². The van der Waals surface area contributed by atoms with Crippen LogP contribution in [-0.2, 0) is 0 Å². The molecule has 10 heavy (non-hydrogen) atoms. The largest absolute Gasteiger partial charge is 0.306 e. The van der Waals surface area contributed by atoms with Gasteiger partial charge in [-0.05, 0) is 6.08 Å². The van der Waals surface area contributed by atoms with Crippen molar-refractivity contribution in [1.29, 1.82) is 0 Å². The maximum absolute atomic E-state index is 3.72. The Morgan fingerprint density at radius 2 is 1.80 bits per heavy atom. The van der Waals surface area contributed by atoms with Crippen molar-refractivity contribution in [2.45, 2.75) is 27.7 Å². The summed E-state index contributed by atoms with van der Waals surface area (Å²) in [5.41, 5.74) is 2.77. The average molecular weight is 142 g/mol. The molecule has 0 bridgehead atoms. The molecular formula is C8H18N2. The highest BCUT2D eigenvalue weighted by Gasteiger charge is 1.74.